The lowest BCUT2D eigenvalue weighted by molar-refractivity contribution is -0.646. The molecule has 0 aliphatic carbocycles. The Morgan fingerprint density at radius 3 is 2.12 bits per heavy atom. The highest BCUT2D eigenvalue weighted by Gasteiger charge is 2.13. The van der Waals surface area contributed by atoms with Crippen molar-refractivity contribution < 1.29 is 21.7 Å². The minimum absolute atomic E-state index is 0.870. The summed E-state index contributed by atoms with van der Waals surface area (Å²) < 4.78 is 33.3. The number of nitrogens with zero attached hydrogens (tertiary/aromatic N) is 1. The van der Waals surface area contributed by atoms with Crippen molar-refractivity contribution in [1.29, 1.82) is 0 Å². The Hall–Kier alpha value is -1.80. The second kappa shape index (κ2) is 7.40. The topological polar surface area (TPSA) is 67.5 Å². The lowest BCUT2D eigenvalue weighted by Gasteiger charge is -2.01. The van der Waals surface area contributed by atoms with Gasteiger partial charge in [-0.05, 0) is 24.1 Å². The van der Waals surface area contributed by atoms with Gasteiger partial charge in [-0.15, -0.1) is 0 Å². The van der Waals surface area contributed by atoms with Crippen LogP contribution in [0.3, 0.4) is 0 Å². The van der Waals surface area contributed by atoms with E-state index in [0.29, 0.717) is 0 Å². The van der Waals surface area contributed by atoms with Gasteiger partial charge in [-0.25, -0.2) is 0 Å². The third-order valence-corrected chi connectivity index (χ3v) is 5.20. The van der Waals surface area contributed by atoms with Crippen LogP contribution in [0.1, 0.15) is 10.6 Å². The number of thiazole rings is 1. The molecule has 0 bridgehead atoms. The molecule has 0 radical (unpaired) electrons. The fourth-order valence-corrected chi connectivity index (χ4v) is 3.18. The molecule has 0 saturated carbocycles. The Balaban J connectivity index is 0.000000301. The normalized spacial score (nSPS) is 11.2. The quantitative estimate of drug-likeness (QED) is 0.557. The van der Waals surface area contributed by atoms with Gasteiger partial charge in [0.25, 0.3) is 0 Å². The summed E-state index contributed by atoms with van der Waals surface area (Å²) >= 11 is 1.85. The van der Waals surface area contributed by atoms with E-state index in [1.54, 1.807) is 0 Å². The van der Waals surface area contributed by atoms with Crippen LogP contribution in [0.4, 0.5) is 0 Å². The van der Waals surface area contributed by atoms with Crippen LogP contribution >= 0.6 is 11.3 Å². The first kappa shape index (κ1) is 18.5. The van der Waals surface area contributed by atoms with Gasteiger partial charge in [-0.1, -0.05) is 47.2 Å². The van der Waals surface area contributed by atoms with Gasteiger partial charge >= 0.3 is 10.4 Å². The van der Waals surface area contributed by atoms with Crippen LogP contribution < -0.4 is 4.57 Å². The van der Waals surface area contributed by atoms with E-state index in [1.165, 1.54) is 31.9 Å². The van der Waals surface area contributed by atoms with Crippen molar-refractivity contribution in [3.8, 4) is 11.1 Å². The zero-order valence-corrected chi connectivity index (χ0v) is 15.6. The average molecular weight is 366 g/mol. The summed E-state index contributed by atoms with van der Waals surface area (Å²) in [6.07, 6.45) is 0. The number of aromatic nitrogens is 1. The van der Waals surface area contributed by atoms with Crippen LogP contribution in [0.15, 0.2) is 42.5 Å². The summed E-state index contributed by atoms with van der Waals surface area (Å²) in [4.78, 5) is 0. The highest BCUT2D eigenvalue weighted by Crippen LogP contribution is 2.26. The van der Waals surface area contributed by atoms with E-state index in [2.05, 4.69) is 72.1 Å². The Kier molecular flexibility index (Phi) is 5.71. The molecule has 1 heterocycles. The van der Waals surface area contributed by atoms with Crippen molar-refractivity contribution >= 4 is 32.0 Å². The Bertz CT molecular complexity index is 945. The van der Waals surface area contributed by atoms with E-state index in [9.17, 15) is 8.42 Å². The maximum absolute atomic E-state index is 9.33. The monoisotopic (exact) mass is 366 g/mol. The fourth-order valence-electron chi connectivity index (χ4n) is 2.19. The smallest absolute Gasteiger partial charge is 0.264 e. The fraction of sp³-hybridized carbons (Fsp3) is 0.235. The number of aryl methyl sites for hydroxylation is 3. The molecule has 1 N–H and O–H groups in total. The molecule has 0 unspecified atom stereocenters. The highest BCUT2D eigenvalue weighted by atomic mass is 32.3. The number of rotatable bonds is 2. The van der Waals surface area contributed by atoms with Crippen molar-refractivity contribution in [2.24, 2.45) is 7.05 Å². The SMILES string of the molecule is COS(=O)(=O)O.Cc1ccc(-c2ccc3sc(C)[n+](C)c3c2)cc1. The Morgan fingerprint density at radius 2 is 1.58 bits per heavy atom. The van der Waals surface area contributed by atoms with E-state index in [0.717, 1.165) is 7.11 Å². The standard InChI is InChI=1S/C16H16NS.CH4O4S/c1-11-4-6-13(7-5-11)14-8-9-16-15(10-14)17(3)12(2)18-16;1-5-6(2,3)4/h4-10H,1-3H3;1H3,(H,2,3,4)/q+1;. The zero-order valence-electron chi connectivity index (χ0n) is 14.0. The first-order valence-corrected chi connectivity index (χ1v) is 9.38. The summed E-state index contributed by atoms with van der Waals surface area (Å²) in [7, 11) is -1.16. The average Bonchev–Trinajstić information content (AvgIpc) is 2.82. The largest absolute Gasteiger partial charge is 0.397 e. The van der Waals surface area contributed by atoms with Crippen molar-refractivity contribution in [3.05, 3.63) is 53.0 Å². The molecule has 0 fully saturated rings. The molecule has 0 aliphatic heterocycles. The van der Waals surface area contributed by atoms with Gasteiger partial charge in [-0.3, -0.25) is 8.74 Å². The molecule has 0 spiro atoms. The van der Waals surface area contributed by atoms with E-state index >= 15 is 0 Å². The van der Waals surface area contributed by atoms with Gasteiger partial charge in [0, 0.05) is 13.0 Å². The Labute approximate surface area is 146 Å². The molecule has 3 aromatic rings. The summed E-state index contributed by atoms with van der Waals surface area (Å²) in [5.41, 5.74) is 5.19. The molecule has 128 valence electrons. The Morgan fingerprint density at radius 1 is 1.04 bits per heavy atom. The summed E-state index contributed by atoms with van der Waals surface area (Å²) in [6, 6.07) is 15.4. The van der Waals surface area contributed by atoms with Crippen molar-refractivity contribution in [2.75, 3.05) is 7.11 Å². The van der Waals surface area contributed by atoms with E-state index in [1.807, 2.05) is 11.3 Å². The molecule has 24 heavy (non-hydrogen) atoms. The van der Waals surface area contributed by atoms with Crippen LogP contribution in [0.25, 0.3) is 21.3 Å². The number of hydrogen-bond donors (Lipinski definition) is 1. The summed E-state index contributed by atoms with van der Waals surface area (Å²) in [5.74, 6) is 0. The molecular weight excluding hydrogens is 346 g/mol. The van der Waals surface area contributed by atoms with Gasteiger partial charge in [0.05, 0.1) is 7.11 Å². The van der Waals surface area contributed by atoms with Crippen molar-refractivity contribution in [1.82, 2.24) is 0 Å². The predicted molar refractivity (Wildman–Crippen MR) is 96.5 cm³/mol. The maximum Gasteiger partial charge on any atom is 0.397 e. The maximum atomic E-state index is 9.33. The molecule has 7 heteroatoms. The molecule has 3 rings (SSSR count). The lowest BCUT2D eigenvalue weighted by atomic mass is 10.0. The first-order chi connectivity index (χ1) is 11.2. The number of hydrogen-bond acceptors (Lipinski definition) is 4. The molecule has 5 nitrogen and oxygen atoms in total. The lowest BCUT2D eigenvalue weighted by Crippen LogP contribution is -2.28. The molecular formula is C17H20NO4S2+. The van der Waals surface area contributed by atoms with Crippen molar-refractivity contribution in [3.63, 3.8) is 0 Å². The van der Waals surface area contributed by atoms with E-state index < -0.39 is 10.4 Å². The predicted octanol–water partition coefficient (Wildman–Crippen LogP) is 3.45. The second-order valence-corrected chi connectivity index (χ2v) is 7.75. The van der Waals surface area contributed by atoms with Gasteiger partial charge in [0.15, 0.2) is 0 Å². The van der Waals surface area contributed by atoms with Gasteiger partial charge in [0.1, 0.15) is 11.7 Å². The van der Waals surface area contributed by atoms with E-state index in [-0.39, 0.29) is 0 Å². The summed E-state index contributed by atoms with van der Waals surface area (Å²) in [6.45, 7) is 4.28. The third kappa shape index (κ3) is 4.61. The van der Waals surface area contributed by atoms with Gasteiger partial charge < -0.3 is 0 Å². The van der Waals surface area contributed by atoms with Gasteiger partial charge in [-0.2, -0.15) is 13.0 Å². The molecule has 0 atom stereocenters. The van der Waals surface area contributed by atoms with E-state index in [4.69, 9.17) is 4.55 Å². The third-order valence-electron chi connectivity index (χ3n) is 3.65. The molecule has 2 aromatic carbocycles. The van der Waals surface area contributed by atoms with Gasteiger partial charge in [0.2, 0.25) is 10.5 Å². The van der Waals surface area contributed by atoms with Crippen LogP contribution in [-0.4, -0.2) is 20.1 Å². The molecule has 0 amide bonds. The molecule has 0 aliphatic rings. The van der Waals surface area contributed by atoms with Crippen LogP contribution in [0.5, 0.6) is 0 Å². The molecule has 0 saturated heterocycles. The molecule has 1 aromatic heterocycles. The van der Waals surface area contributed by atoms with Crippen LogP contribution in [0, 0.1) is 13.8 Å². The number of fused-ring (bicyclic) bond motifs is 1. The minimum Gasteiger partial charge on any atom is -0.264 e. The minimum atomic E-state index is -4.16. The first-order valence-electron chi connectivity index (χ1n) is 7.20. The second-order valence-electron chi connectivity index (χ2n) is 5.32. The van der Waals surface area contributed by atoms with Crippen LogP contribution in [-0.2, 0) is 21.6 Å². The van der Waals surface area contributed by atoms with Crippen LogP contribution in [0.2, 0.25) is 0 Å². The highest BCUT2D eigenvalue weighted by molar-refractivity contribution is 7.80. The van der Waals surface area contributed by atoms with Crippen molar-refractivity contribution in [2.45, 2.75) is 13.8 Å². The summed E-state index contributed by atoms with van der Waals surface area (Å²) in [5, 5.41) is 1.34. The number of benzene rings is 2. The zero-order chi connectivity index (χ0) is 17.9.